The monoisotopic (exact) mass is 401 g/mol. The number of nitrogens with zero attached hydrogens (tertiary/aromatic N) is 3. The fraction of sp³-hybridized carbons (Fsp3) is 0.591. The Morgan fingerprint density at radius 2 is 1.61 bits per heavy atom. The summed E-state index contributed by atoms with van der Waals surface area (Å²) in [5.41, 5.74) is 3.80. The van der Waals surface area contributed by atoms with Crippen molar-refractivity contribution < 1.29 is 8.42 Å². The number of aryl methyl sites for hydroxylation is 2. The van der Waals surface area contributed by atoms with E-state index in [1.807, 2.05) is 39.0 Å². The summed E-state index contributed by atoms with van der Waals surface area (Å²) in [5.74, 6) is 0.650. The fourth-order valence-electron chi connectivity index (χ4n) is 4.81. The lowest BCUT2D eigenvalue weighted by molar-refractivity contribution is 0.107. The Bertz CT molecular complexity index is 919. The predicted octanol–water partition coefficient (Wildman–Crippen LogP) is 3.73. The summed E-state index contributed by atoms with van der Waals surface area (Å²) in [7, 11) is -3.64. The van der Waals surface area contributed by atoms with E-state index in [0.29, 0.717) is 16.8 Å². The van der Waals surface area contributed by atoms with Crippen molar-refractivity contribution in [3.05, 3.63) is 40.5 Å². The van der Waals surface area contributed by atoms with Crippen LogP contribution in [0.2, 0.25) is 0 Å². The average Bonchev–Trinajstić information content (AvgIpc) is 2.94. The van der Waals surface area contributed by atoms with E-state index in [4.69, 9.17) is 0 Å². The zero-order valence-corrected chi connectivity index (χ0v) is 18.1. The molecule has 2 fully saturated rings. The largest absolute Gasteiger partial charge is 0.353 e. The van der Waals surface area contributed by atoms with Crippen molar-refractivity contribution in [2.24, 2.45) is 4.40 Å². The molecule has 1 aliphatic carbocycles. The van der Waals surface area contributed by atoms with E-state index in [1.165, 1.54) is 32.1 Å². The number of piperazine rings is 1. The van der Waals surface area contributed by atoms with Crippen molar-refractivity contribution in [1.29, 1.82) is 0 Å². The smallest absolute Gasteiger partial charge is 0.285 e. The van der Waals surface area contributed by atoms with Crippen LogP contribution in [0.25, 0.3) is 4.91 Å². The quantitative estimate of drug-likeness (QED) is 0.758. The van der Waals surface area contributed by atoms with Gasteiger partial charge in [-0.05, 0) is 50.3 Å². The third-order valence-electron chi connectivity index (χ3n) is 6.61. The van der Waals surface area contributed by atoms with Crippen LogP contribution in [-0.2, 0) is 10.0 Å². The van der Waals surface area contributed by atoms with Crippen LogP contribution in [0, 0.1) is 13.8 Å². The molecular formula is C22H31N3O2S. The Morgan fingerprint density at radius 3 is 2.25 bits per heavy atom. The summed E-state index contributed by atoms with van der Waals surface area (Å²) >= 11 is 0. The van der Waals surface area contributed by atoms with Crippen molar-refractivity contribution in [3.8, 4) is 0 Å². The van der Waals surface area contributed by atoms with Crippen molar-refractivity contribution >= 4 is 20.8 Å². The second-order valence-electron chi connectivity index (χ2n) is 8.46. The fourth-order valence-corrected chi connectivity index (χ4v) is 6.29. The molecule has 2 heterocycles. The molecular weight excluding hydrogens is 370 g/mol. The molecule has 1 saturated carbocycles. The molecule has 1 aromatic rings. The normalized spacial score (nSPS) is 24.0. The Balaban J connectivity index is 1.54. The lowest BCUT2D eigenvalue weighted by Crippen LogP contribution is -2.52. The molecule has 2 aliphatic heterocycles. The SMILES string of the molecule is CC1=C(c2ccc(C)c(C)c2)S(=O)(=O)N=C1N1CCN(C2CCCCC2)CC1. The molecule has 5 nitrogen and oxygen atoms in total. The van der Waals surface area contributed by atoms with Gasteiger partial charge in [-0.2, -0.15) is 8.42 Å². The van der Waals surface area contributed by atoms with Crippen LogP contribution >= 0.6 is 0 Å². The Hall–Kier alpha value is -1.66. The summed E-state index contributed by atoms with van der Waals surface area (Å²) < 4.78 is 29.9. The number of sulfonamides is 1. The average molecular weight is 402 g/mol. The number of benzene rings is 1. The molecule has 0 N–H and O–H groups in total. The first-order valence-corrected chi connectivity index (χ1v) is 11.9. The maximum Gasteiger partial charge on any atom is 0.285 e. The van der Waals surface area contributed by atoms with Crippen molar-refractivity contribution in [2.75, 3.05) is 26.2 Å². The van der Waals surface area contributed by atoms with Crippen LogP contribution in [0.15, 0.2) is 28.2 Å². The highest BCUT2D eigenvalue weighted by atomic mass is 32.2. The maximum atomic E-state index is 12.9. The minimum absolute atomic E-state index is 0.375. The van der Waals surface area contributed by atoms with Gasteiger partial charge in [0.2, 0.25) is 0 Å². The Kier molecular flexibility index (Phi) is 5.36. The van der Waals surface area contributed by atoms with Gasteiger partial charge in [0.25, 0.3) is 10.0 Å². The van der Waals surface area contributed by atoms with Crippen molar-refractivity contribution in [2.45, 2.75) is 58.9 Å². The third kappa shape index (κ3) is 3.64. The zero-order valence-electron chi connectivity index (χ0n) is 17.2. The van der Waals surface area contributed by atoms with E-state index in [1.54, 1.807) is 0 Å². The van der Waals surface area contributed by atoms with Gasteiger partial charge in [0.15, 0.2) is 0 Å². The van der Waals surface area contributed by atoms with E-state index in [-0.39, 0.29) is 0 Å². The number of amidine groups is 1. The molecule has 1 saturated heterocycles. The number of hydrogen-bond acceptors (Lipinski definition) is 4. The van der Waals surface area contributed by atoms with Gasteiger partial charge < -0.3 is 4.90 Å². The zero-order chi connectivity index (χ0) is 19.9. The van der Waals surface area contributed by atoms with E-state index in [9.17, 15) is 8.42 Å². The topological polar surface area (TPSA) is 53.0 Å². The summed E-state index contributed by atoms with van der Waals surface area (Å²) in [6, 6.07) is 6.57. The van der Waals surface area contributed by atoms with E-state index in [0.717, 1.165) is 48.4 Å². The van der Waals surface area contributed by atoms with Crippen LogP contribution in [-0.4, -0.2) is 56.3 Å². The number of rotatable bonds is 2. The molecule has 152 valence electrons. The van der Waals surface area contributed by atoms with Crippen molar-refractivity contribution in [3.63, 3.8) is 0 Å². The highest BCUT2D eigenvalue weighted by molar-refractivity contribution is 8.00. The van der Waals surface area contributed by atoms with E-state index in [2.05, 4.69) is 14.2 Å². The molecule has 0 unspecified atom stereocenters. The van der Waals surface area contributed by atoms with Crippen LogP contribution < -0.4 is 0 Å². The second-order valence-corrected chi connectivity index (χ2v) is 10.00. The maximum absolute atomic E-state index is 12.9. The molecule has 0 radical (unpaired) electrons. The Morgan fingerprint density at radius 1 is 0.929 bits per heavy atom. The summed E-state index contributed by atoms with van der Waals surface area (Å²) in [6.45, 7) is 9.65. The highest BCUT2D eigenvalue weighted by Gasteiger charge is 2.35. The van der Waals surface area contributed by atoms with Crippen LogP contribution in [0.4, 0.5) is 0 Å². The lowest BCUT2D eigenvalue weighted by atomic mass is 9.94. The van der Waals surface area contributed by atoms with Crippen molar-refractivity contribution in [1.82, 2.24) is 9.80 Å². The molecule has 1 aromatic carbocycles. The molecule has 6 heteroatoms. The first-order valence-electron chi connectivity index (χ1n) is 10.5. The minimum atomic E-state index is -3.64. The highest BCUT2D eigenvalue weighted by Crippen LogP contribution is 2.35. The minimum Gasteiger partial charge on any atom is -0.353 e. The number of hydrogen-bond donors (Lipinski definition) is 0. The van der Waals surface area contributed by atoms with E-state index >= 15 is 0 Å². The van der Waals surface area contributed by atoms with Gasteiger partial charge in [0, 0.05) is 37.8 Å². The predicted molar refractivity (Wildman–Crippen MR) is 115 cm³/mol. The lowest BCUT2D eigenvalue weighted by Gasteiger charge is -2.41. The first-order chi connectivity index (χ1) is 13.4. The molecule has 0 spiro atoms. The van der Waals surface area contributed by atoms with Gasteiger partial charge in [-0.3, -0.25) is 4.90 Å². The molecule has 0 bridgehead atoms. The van der Waals surface area contributed by atoms with Gasteiger partial charge in [0.1, 0.15) is 10.7 Å². The molecule has 0 atom stereocenters. The van der Waals surface area contributed by atoms with Gasteiger partial charge in [0.05, 0.1) is 0 Å². The summed E-state index contributed by atoms with van der Waals surface area (Å²) in [6.07, 6.45) is 6.68. The first kappa shape index (κ1) is 19.6. The molecule has 0 aromatic heterocycles. The summed E-state index contributed by atoms with van der Waals surface area (Å²) in [5, 5.41) is 0. The van der Waals surface area contributed by atoms with E-state index < -0.39 is 10.0 Å². The molecule has 4 rings (SSSR count). The molecule has 3 aliphatic rings. The van der Waals surface area contributed by atoms with Gasteiger partial charge in [-0.15, -0.1) is 4.40 Å². The van der Waals surface area contributed by atoms with Gasteiger partial charge >= 0.3 is 0 Å². The van der Waals surface area contributed by atoms with Gasteiger partial charge in [-0.1, -0.05) is 37.5 Å². The molecule has 28 heavy (non-hydrogen) atoms. The Labute approximate surface area is 169 Å². The van der Waals surface area contributed by atoms with Crippen LogP contribution in [0.5, 0.6) is 0 Å². The standard InChI is InChI=1S/C22H31N3O2S/c1-16-9-10-19(15-17(16)2)21-18(3)22(23-28(21,26)27)25-13-11-24(12-14-25)20-7-5-4-6-8-20/h9-10,15,20H,4-8,11-14H2,1-3H3. The third-order valence-corrected chi connectivity index (χ3v) is 8.09. The van der Waals surface area contributed by atoms with Crippen LogP contribution in [0.1, 0.15) is 55.7 Å². The molecule has 0 amide bonds. The summed E-state index contributed by atoms with van der Waals surface area (Å²) in [4.78, 5) is 5.14. The van der Waals surface area contributed by atoms with Gasteiger partial charge in [-0.25, -0.2) is 0 Å². The van der Waals surface area contributed by atoms with Crippen LogP contribution in [0.3, 0.4) is 0 Å². The second kappa shape index (κ2) is 7.64.